The number of aromatic nitrogens is 2. The summed E-state index contributed by atoms with van der Waals surface area (Å²) in [6.07, 6.45) is -1.48. The van der Waals surface area contributed by atoms with Crippen LogP contribution >= 0.6 is 11.6 Å². The molecule has 0 aromatic carbocycles. The summed E-state index contributed by atoms with van der Waals surface area (Å²) in [7, 11) is 0. The van der Waals surface area contributed by atoms with Gasteiger partial charge in [-0.05, 0) is 6.07 Å². The fraction of sp³-hybridized carbons (Fsp3) is 0.400. The molecule has 98 valence electrons. The van der Waals surface area contributed by atoms with Gasteiger partial charge in [-0.15, -0.1) is 0 Å². The number of hydrogen-bond donors (Lipinski definition) is 3. The molecule has 0 amide bonds. The average molecular weight is 274 g/mol. The van der Waals surface area contributed by atoms with Gasteiger partial charge in [0.15, 0.2) is 6.23 Å². The lowest BCUT2D eigenvalue weighted by atomic mass is 10.1. The Labute approximate surface area is 107 Å². The van der Waals surface area contributed by atoms with Crippen LogP contribution in [0.15, 0.2) is 28.2 Å². The third kappa shape index (κ3) is 2.13. The number of nitrogens with zero attached hydrogens (tertiary/aromatic N) is 2. The van der Waals surface area contributed by atoms with Crippen LogP contribution in [0.2, 0.25) is 0 Å². The topological polar surface area (TPSA) is 111 Å². The fourth-order valence-electron chi connectivity index (χ4n) is 1.80. The summed E-state index contributed by atoms with van der Waals surface area (Å²) in [6.45, 7) is -0.344. The minimum atomic E-state index is -1.12. The number of nitrogens with two attached hydrogens (primary N) is 1. The largest absolute Gasteiger partial charge is 0.393 e. The van der Waals surface area contributed by atoms with Gasteiger partial charge in [0.2, 0.25) is 0 Å². The molecule has 2 rings (SSSR count). The predicted octanol–water partition coefficient (Wildman–Crippen LogP) is -0.801. The van der Waals surface area contributed by atoms with E-state index in [0.717, 1.165) is 10.1 Å². The van der Waals surface area contributed by atoms with E-state index in [4.69, 9.17) is 27.2 Å². The number of hydrogen-bond acceptors (Lipinski definition) is 6. The lowest BCUT2D eigenvalue weighted by Crippen LogP contribution is -2.32. The van der Waals surface area contributed by atoms with Gasteiger partial charge < -0.3 is 20.7 Å². The zero-order valence-electron chi connectivity index (χ0n) is 9.23. The van der Waals surface area contributed by atoms with Gasteiger partial charge in [-0.3, -0.25) is 4.57 Å². The van der Waals surface area contributed by atoms with Crippen LogP contribution in [0.3, 0.4) is 0 Å². The maximum Gasteiger partial charge on any atom is 0.351 e. The van der Waals surface area contributed by atoms with Crippen molar-refractivity contribution in [1.29, 1.82) is 0 Å². The highest BCUT2D eigenvalue weighted by Gasteiger charge is 2.39. The Morgan fingerprint density at radius 2 is 2.39 bits per heavy atom. The highest BCUT2D eigenvalue weighted by Crippen LogP contribution is 2.32. The summed E-state index contributed by atoms with van der Waals surface area (Å²) < 4.78 is 6.46. The van der Waals surface area contributed by atoms with Crippen molar-refractivity contribution in [1.82, 2.24) is 9.55 Å². The van der Waals surface area contributed by atoms with Crippen LogP contribution in [0.5, 0.6) is 0 Å². The second kappa shape index (κ2) is 5.07. The molecule has 1 aromatic heterocycles. The summed E-state index contributed by atoms with van der Waals surface area (Å²) in [5, 5.41) is 19.1. The molecule has 1 fully saturated rings. The van der Waals surface area contributed by atoms with E-state index < -0.39 is 24.1 Å². The van der Waals surface area contributed by atoms with E-state index in [1.54, 1.807) is 0 Å². The molecule has 0 spiro atoms. The Morgan fingerprint density at radius 1 is 1.67 bits per heavy atom. The molecule has 0 unspecified atom stereocenters. The van der Waals surface area contributed by atoms with Crippen molar-refractivity contribution < 1.29 is 14.9 Å². The van der Waals surface area contributed by atoms with Crippen LogP contribution in [0.25, 0.3) is 0 Å². The Kier molecular flexibility index (Phi) is 3.67. The van der Waals surface area contributed by atoms with E-state index in [1.807, 2.05) is 0 Å². The van der Waals surface area contributed by atoms with Gasteiger partial charge in [-0.1, -0.05) is 11.6 Å². The molecule has 3 atom stereocenters. The van der Waals surface area contributed by atoms with Crippen molar-refractivity contribution in [2.75, 3.05) is 12.3 Å². The van der Waals surface area contributed by atoms with Gasteiger partial charge in [0, 0.05) is 17.3 Å². The zero-order chi connectivity index (χ0) is 13.3. The van der Waals surface area contributed by atoms with Crippen molar-refractivity contribution >= 4 is 17.4 Å². The standard InChI is InChI=1S/C10H12ClN3O4/c11-3-5-6(4-15)18-9(8(5)16)14-2-1-7(12)13-10(14)17/h1-3,6,8-9,15-16H,4H2,(H2,12,13,17)/b5-3+/t6-,8+,9-/m1/s1. The van der Waals surface area contributed by atoms with Crippen LogP contribution in [-0.4, -0.2) is 38.6 Å². The van der Waals surface area contributed by atoms with Gasteiger partial charge in [0.25, 0.3) is 0 Å². The monoisotopic (exact) mass is 273 g/mol. The van der Waals surface area contributed by atoms with E-state index in [9.17, 15) is 9.90 Å². The van der Waals surface area contributed by atoms with Crippen LogP contribution in [0.4, 0.5) is 5.82 Å². The molecule has 1 aliphatic rings. The minimum absolute atomic E-state index is 0.0792. The van der Waals surface area contributed by atoms with E-state index in [2.05, 4.69) is 4.98 Å². The van der Waals surface area contributed by atoms with Crippen LogP contribution in [0, 0.1) is 0 Å². The average Bonchev–Trinajstić information content (AvgIpc) is 2.66. The van der Waals surface area contributed by atoms with Crippen molar-refractivity contribution in [2.24, 2.45) is 0 Å². The first kappa shape index (κ1) is 13.0. The molecule has 0 radical (unpaired) electrons. The first-order valence-corrected chi connectivity index (χ1v) is 5.61. The maximum absolute atomic E-state index is 11.6. The van der Waals surface area contributed by atoms with Gasteiger partial charge in [0.05, 0.1) is 6.61 Å². The second-order valence-corrected chi connectivity index (χ2v) is 4.01. The van der Waals surface area contributed by atoms with Gasteiger partial charge in [0.1, 0.15) is 18.0 Å². The minimum Gasteiger partial charge on any atom is -0.393 e. The summed E-state index contributed by atoms with van der Waals surface area (Å²) >= 11 is 5.56. The molecule has 18 heavy (non-hydrogen) atoms. The van der Waals surface area contributed by atoms with E-state index in [-0.39, 0.29) is 12.4 Å². The Balaban J connectivity index is 2.38. The Morgan fingerprint density at radius 3 is 2.89 bits per heavy atom. The second-order valence-electron chi connectivity index (χ2n) is 3.79. The van der Waals surface area contributed by atoms with Gasteiger partial charge >= 0.3 is 5.69 Å². The third-order valence-corrected chi connectivity index (χ3v) is 2.96. The van der Waals surface area contributed by atoms with Crippen LogP contribution in [-0.2, 0) is 4.74 Å². The Bertz CT molecular complexity index is 530. The van der Waals surface area contributed by atoms with E-state index in [1.165, 1.54) is 12.3 Å². The lowest BCUT2D eigenvalue weighted by Gasteiger charge is -2.16. The molecule has 7 nitrogen and oxygen atoms in total. The molecule has 0 bridgehead atoms. The fourth-order valence-corrected chi connectivity index (χ4v) is 2.07. The molecule has 0 saturated carbocycles. The first-order chi connectivity index (χ1) is 8.58. The molecular formula is C10H12ClN3O4. The van der Waals surface area contributed by atoms with Crippen molar-refractivity contribution in [2.45, 2.75) is 18.4 Å². The first-order valence-electron chi connectivity index (χ1n) is 5.17. The number of rotatable bonds is 2. The molecular weight excluding hydrogens is 262 g/mol. The van der Waals surface area contributed by atoms with Crippen molar-refractivity contribution in [3.63, 3.8) is 0 Å². The molecule has 0 aliphatic carbocycles. The molecule has 1 aromatic rings. The maximum atomic E-state index is 11.6. The van der Waals surface area contributed by atoms with Gasteiger partial charge in [-0.25, -0.2) is 4.79 Å². The van der Waals surface area contributed by atoms with E-state index >= 15 is 0 Å². The summed E-state index contributed by atoms with van der Waals surface area (Å²) in [6, 6.07) is 1.41. The summed E-state index contributed by atoms with van der Waals surface area (Å²) in [5.74, 6) is 0.0792. The van der Waals surface area contributed by atoms with Crippen molar-refractivity contribution in [3.05, 3.63) is 33.9 Å². The number of halogens is 1. The quantitative estimate of drug-likeness (QED) is 0.650. The normalized spacial score (nSPS) is 29.9. The van der Waals surface area contributed by atoms with Crippen LogP contribution < -0.4 is 11.4 Å². The number of ether oxygens (including phenoxy) is 1. The molecule has 1 aliphatic heterocycles. The lowest BCUT2D eigenvalue weighted by molar-refractivity contribution is -0.0526. The van der Waals surface area contributed by atoms with Crippen LogP contribution in [0.1, 0.15) is 6.23 Å². The summed E-state index contributed by atoms with van der Waals surface area (Å²) in [4.78, 5) is 15.2. The third-order valence-electron chi connectivity index (χ3n) is 2.70. The predicted molar refractivity (Wildman–Crippen MR) is 63.8 cm³/mol. The molecule has 2 heterocycles. The molecule has 1 saturated heterocycles. The number of aliphatic hydroxyl groups excluding tert-OH is 2. The highest BCUT2D eigenvalue weighted by molar-refractivity contribution is 6.25. The molecule has 8 heteroatoms. The SMILES string of the molecule is Nc1ccn([C@@H]2O[C@H](CO)/C(=C\Cl)[C@@H]2O)c(=O)n1. The van der Waals surface area contributed by atoms with Crippen molar-refractivity contribution in [3.8, 4) is 0 Å². The zero-order valence-corrected chi connectivity index (χ0v) is 9.99. The van der Waals surface area contributed by atoms with Gasteiger partial charge in [-0.2, -0.15) is 4.98 Å². The smallest absolute Gasteiger partial charge is 0.351 e. The molecule has 4 N–H and O–H groups in total. The highest BCUT2D eigenvalue weighted by atomic mass is 35.5. The van der Waals surface area contributed by atoms with E-state index in [0.29, 0.717) is 5.57 Å². The summed E-state index contributed by atoms with van der Waals surface area (Å²) in [5.41, 5.74) is 6.17. The Hall–Kier alpha value is -1.41. The number of anilines is 1. The number of aliphatic hydroxyl groups is 2. The number of nitrogen functional groups attached to an aromatic ring is 1.